The first-order chi connectivity index (χ1) is 4.68. The van der Waals surface area contributed by atoms with Crippen molar-refractivity contribution in [2.75, 3.05) is 0 Å². The van der Waals surface area contributed by atoms with E-state index in [4.69, 9.17) is 5.11 Å². The zero-order valence-electron chi connectivity index (χ0n) is 6.15. The van der Waals surface area contributed by atoms with Crippen LogP contribution in [0, 0.1) is 0 Å². The topological polar surface area (TPSA) is 50.9 Å². The van der Waals surface area contributed by atoms with Gasteiger partial charge in [-0.15, -0.1) is 0 Å². The van der Waals surface area contributed by atoms with Crippen molar-refractivity contribution in [3.05, 3.63) is 11.9 Å². The van der Waals surface area contributed by atoms with Crippen molar-refractivity contribution in [1.29, 1.82) is 0 Å². The zero-order chi connectivity index (χ0) is 7.56. The number of hydrogen-bond acceptors (Lipinski definition) is 3. The second kappa shape index (κ2) is 2.79. The molecule has 0 saturated carbocycles. The lowest BCUT2D eigenvalue weighted by atomic mass is 10.2. The van der Waals surface area contributed by atoms with E-state index in [9.17, 15) is 0 Å². The van der Waals surface area contributed by atoms with Gasteiger partial charge in [0, 0.05) is 13.5 Å². The molecular weight excluding hydrogens is 130 g/mol. The zero-order valence-corrected chi connectivity index (χ0v) is 6.15. The Hall–Kier alpha value is -0.900. The number of hydrogen-bond donors (Lipinski definition) is 1. The van der Waals surface area contributed by atoms with Crippen LogP contribution in [0.2, 0.25) is 0 Å². The first kappa shape index (κ1) is 7.21. The van der Waals surface area contributed by atoms with Crippen LogP contribution in [0.4, 0.5) is 0 Å². The third kappa shape index (κ3) is 1.80. The largest absolute Gasteiger partial charge is 0.393 e. The Morgan fingerprint density at radius 1 is 1.80 bits per heavy atom. The Morgan fingerprint density at radius 3 is 2.90 bits per heavy atom. The second-order valence-corrected chi connectivity index (χ2v) is 2.38. The van der Waals surface area contributed by atoms with E-state index in [-0.39, 0.29) is 6.10 Å². The monoisotopic (exact) mass is 141 g/mol. The highest BCUT2D eigenvalue weighted by molar-refractivity contribution is 4.92. The van der Waals surface area contributed by atoms with Gasteiger partial charge < -0.3 is 5.11 Å². The summed E-state index contributed by atoms with van der Waals surface area (Å²) in [6, 6.07) is 0. The summed E-state index contributed by atoms with van der Waals surface area (Å²) in [5.74, 6) is 0. The number of rotatable bonds is 2. The maximum absolute atomic E-state index is 8.94. The van der Waals surface area contributed by atoms with Gasteiger partial charge in [0.05, 0.1) is 18.0 Å². The summed E-state index contributed by atoms with van der Waals surface area (Å²) < 4.78 is 0. The molecule has 0 fully saturated rings. The molecule has 0 spiro atoms. The molecule has 0 amide bonds. The molecule has 0 aromatic carbocycles. The first-order valence-corrected chi connectivity index (χ1v) is 3.22. The minimum absolute atomic E-state index is 0.336. The molecule has 1 heterocycles. The van der Waals surface area contributed by atoms with Crippen LogP contribution in [0.25, 0.3) is 0 Å². The highest BCUT2D eigenvalue weighted by Gasteiger charge is 2.01. The maximum Gasteiger partial charge on any atom is 0.0852 e. The predicted octanol–water partition coefficient (Wildman–Crippen LogP) is -0.262. The van der Waals surface area contributed by atoms with Gasteiger partial charge in [-0.25, -0.2) is 0 Å². The number of aryl methyl sites for hydroxylation is 1. The molecule has 0 aliphatic heterocycles. The molecule has 1 rings (SSSR count). The van der Waals surface area contributed by atoms with Crippen molar-refractivity contribution in [2.24, 2.45) is 7.05 Å². The van der Waals surface area contributed by atoms with E-state index in [2.05, 4.69) is 10.2 Å². The molecule has 56 valence electrons. The van der Waals surface area contributed by atoms with Crippen molar-refractivity contribution >= 4 is 0 Å². The van der Waals surface area contributed by atoms with E-state index >= 15 is 0 Å². The first-order valence-electron chi connectivity index (χ1n) is 3.22. The van der Waals surface area contributed by atoms with Gasteiger partial charge in [-0.2, -0.15) is 15.0 Å². The SMILES string of the molecule is CC(O)Cc1cnn(C)n1. The fourth-order valence-corrected chi connectivity index (χ4v) is 0.784. The van der Waals surface area contributed by atoms with Crippen LogP contribution in [0.15, 0.2) is 6.20 Å². The molecule has 1 aromatic rings. The number of aromatic nitrogens is 3. The van der Waals surface area contributed by atoms with Crippen molar-refractivity contribution in [2.45, 2.75) is 19.4 Å². The van der Waals surface area contributed by atoms with E-state index in [0.29, 0.717) is 6.42 Å². The summed E-state index contributed by atoms with van der Waals surface area (Å²) in [6.07, 6.45) is 1.90. The molecule has 0 bridgehead atoms. The van der Waals surface area contributed by atoms with Crippen molar-refractivity contribution in [3.8, 4) is 0 Å². The van der Waals surface area contributed by atoms with Crippen LogP contribution in [0.1, 0.15) is 12.6 Å². The second-order valence-electron chi connectivity index (χ2n) is 2.38. The van der Waals surface area contributed by atoms with E-state index in [0.717, 1.165) is 5.69 Å². The minimum atomic E-state index is -0.336. The average Bonchev–Trinajstić information content (AvgIpc) is 2.13. The van der Waals surface area contributed by atoms with Crippen molar-refractivity contribution in [1.82, 2.24) is 15.0 Å². The fraction of sp³-hybridized carbons (Fsp3) is 0.667. The van der Waals surface area contributed by atoms with Crippen LogP contribution in [-0.2, 0) is 13.5 Å². The smallest absolute Gasteiger partial charge is 0.0852 e. The van der Waals surface area contributed by atoms with Gasteiger partial charge in [0.1, 0.15) is 0 Å². The third-order valence-corrected chi connectivity index (χ3v) is 1.15. The molecule has 0 saturated heterocycles. The Kier molecular flexibility index (Phi) is 2.01. The molecule has 4 heteroatoms. The number of aliphatic hydroxyl groups is 1. The molecular formula is C6H11N3O. The van der Waals surface area contributed by atoms with Crippen molar-refractivity contribution in [3.63, 3.8) is 0 Å². The Morgan fingerprint density at radius 2 is 2.50 bits per heavy atom. The molecule has 0 aliphatic carbocycles. The quantitative estimate of drug-likeness (QED) is 0.617. The maximum atomic E-state index is 8.94. The molecule has 1 atom stereocenters. The number of aliphatic hydroxyl groups excluding tert-OH is 1. The molecule has 10 heavy (non-hydrogen) atoms. The lowest BCUT2D eigenvalue weighted by Gasteiger charge is -1.96. The molecule has 1 N–H and O–H groups in total. The fourth-order valence-electron chi connectivity index (χ4n) is 0.784. The lowest BCUT2D eigenvalue weighted by molar-refractivity contribution is 0.194. The summed E-state index contributed by atoms with van der Waals surface area (Å²) in [4.78, 5) is 1.48. The molecule has 0 aliphatic rings. The standard InChI is InChI=1S/C6H11N3O/c1-5(10)3-6-4-7-9(2)8-6/h4-5,10H,3H2,1-2H3. The highest BCUT2D eigenvalue weighted by atomic mass is 16.3. The van der Waals surface area contributed by atoms with Crippen LogP contribution >= 0.6 is 0 Å². The van der Waals surface area contributed by atoms with Gasteiger partial charge in [0.15, 0.2) is 0 Å². The van der Waals surface area contributed by atoms with Gasteiger partial charge in [-0.05, 0) is 6.92 Å². The van der Waals surface area contributed by atoms with Crippen LogP contribution < -0.4 is 0 Å². The van der Waals surface area contributed by atoms with Crippen LogP contribution in [-0.4, -0.2) is 26.2 Å². The summed E-state index contributed by atoms with van der Waals surface area (Å²) in [7, 11) is 1.76. The molecule has 0 radical (unpaired) electrons. The number of nitrogens with zero attached hydrogens (tertiary/aromatic N) is 3. The predicted molar refractivity (Wildman–Crippen MR) is 36.4 cm³/mol. The Balaban J connectivity index is 2.58. The molecule has 1 aromatic heterocycles. The van der Waals surface area contributed by atoms with Crippen molar-refractivity contribution < 1.29 is 5.11 Å². The third-order valence-electron chi connectivity index (χ3n) is 1.15. The summed E-state index contributed by atoms with van der Waals surface area (Å²) in [5, 5.41) is 16.8. The van der Waals surface area contributed by atoms with Gasteiger partial charge in [0.2, 0.25) is 0 Å². The van der Waals surface area contributed by atoms with E-state index in [1.54, 1.807) is 20.2 Å². The van der Waals surface area contributed by atoms with Gasteiger partial charge in [0.25, 0.3) is 0 Å². The van der Waals surface area contributed by atoms with Crippen LogP contribution in [0.5, 0.6) is 0 Å². The summed E-state index contributed by atoms with van der Waals surface area (Å²) in [5.41, 5.74) is 0.831. The summed E-state index contributed by atoms with van der Waals surface area (Å²) >= 11 is 0. The Bertz CT molecular complexity index is 207. The van der Waals surface area contributed by atoms with Crippen LogP contribution in [0.3, 0.4) is 0 Å². The molecule has 1 unspecified atom stereocenters. The van der Waals surface area contributed by atoms with Gasteiger partial charge in [-0.1, -0.05) is 0 Å². The highest BCUT2D eigenvalue weighted by Crippen LogP contribution is 1.95. The summed E-state index contributed by atoms with van der Waals surface area (Å²) in [6.45, 7) is 1.73. The minimum Gasteiger partial charge on any atom is -0.393 e. The van der Waals surface area contributed by atoms with E-state index < -0.39 is 0 Å². The van der Waals surface area contributed by atoms with Gasteiger partial charge in [-0.3, -0.25) is 0 Å². The Labute approximate surface area is 59.5 Å². The molecule has 4 nitrogen and oxygen atoms in total. The van der Waals surface area contributed by atoms with E-state index in [1.807, 2.05) is 0 Å². The normalized spacial score (nSPS) is 13.5. The average molecular weight is 141 g/mol. The van der Waals surface area contributed by atoms with Gasteiger partial charge >= 0.3 is 0 Å². The lowest BCUT2D eigenvalue weighted by Crippen LogP contribution is -2.05. The van der Waals surface area contributed by atoms with E-state index in [1.165, 1.54) is 4.80 Å².